The van der Waals surface area contributed by atoms with E-state index in [-0.39, 0.29) is 6.47 Å². The lowest BCUT2D eigenvalue weighted by molar-refractivity contribution is -0.122. The van der Waals surface area contributed by atoms with Crippen molar-refractivity contribution >= 4 is 30.0 Å². The number of hydrogen-bond donors (Lipinski definition) is 3. The molecule has 1 fully saturated rings. The van der Waals surface area contributed by atoms with Gasteiger partial charge in [0.1, 0.15) is 5.82 Å². The molecule has 0 unspecified atom stereocenters. The van der Waals surface area contributed by atoms with Crippen LogP contribution in [0, 0.1) is 0 Å². The van der Waals surface area contributed by atoms with Gasteiger partial charge in [-0.2, -0.15) is 28.6 Å². The molecule has 3 N–H and O–H groups in total. The van der Waals surface area contributed by atoms with Crippen LogP contribution in [0.4, 0.5) is 0 Å². The molecule has 0 radical (unpaired) electrons. The number of nitrogens with one attached hydrogen (secondary N) is 2. The molecule has 124 valence electrons. The fraction of sp³-hybridized carbons (Fsp3) is 0.429. The summed E-state index contributed by atoms with van der Waals surface area (Å²) < 4.78 is 0. The van der Waals surface area contributed by atoms with Gasteiger partial charge in [-0.3, -0.25) is 14.9 Å². The number of H-pyrrole nitrogens is 1. The molecule has 0 amide bonds. The molecular formula is C14H19N5O2S2. The van der Waals surface area contributed by atoms with E-state index in [0.717, 1.165) is 23.8 Å². The third-order valence-electron chi connectivity index (χ3n) is 3.04. The van der Waals surface area contributed by atoms with Crippen LogP contribution < -0.4 is 5.32 Å². The van der Waals surface area contributed by atoms with Gasteiger partial charge in [0.05, 0.1) is 6.54 Å². The monoisotopic (exact) mass is 353 g/mol. The van der Waals surface area contributed by atoms with Crippen molar-refractivity contribution in [3.8, 4) is 11.4 Å². The summed E-state index contributed by atoms with van der Waals surface area (Å²) in [6, 6.07) is 4.39. The van der Waals surface area contributed by atoms with E-state index in [0.29, 0.717) is 6.04 Å². The molecule has 3 heterocycles. The van der Waals surface area contributed by atoms with Gasteiger partial charge < -0.3 is 10.4 Å². The second kappa shape index (κ2) is 10.2. The number of hydrogen-bond acceptors (Lipinski definition) is 7. The van der Waals surface area contributed by atoms with E-state index in [9.17, 15) is 0 Å². The molecule has 3 rings (SSSR count). The molecule has 0 spiro atoms. The Balaban J connectivity index is 0.000000595. The van der Waals surface area contributed by atoms with Crippen LogP contribution in [0.3, 0.4) is 0 Å². The van der Waals surface area contributed by atoms with Gasteiger partial charge in [0, 0.05) is 47.0 Å². The Labute approximate surface area is 143 Å². The van der Waals surface area contributed by atoms with Crippen LogP contribution in [-0.4, -0.2) is 60.8 Å². The third kappa shape index (κ3) is 6.20. The number of carbonyl (C=O) groups is 1. The first kappa shape index (κ1) is 17.8. The Morgan fingerprint density at radius 1 is 1.30 bits per heavy atom. The molecule has 0 aliphatic carbocycles. The minimum atomic E-state index is -0.250. The van der Waals surface area contributed by atoms with E-state index in [4.69, 9.17) is 9.90 Å². The van der Waals surface area contributed by atoms with Crippen molar-refractivity contribution in [3.05, 3.63) is 30.4 Å². The Morgan fingerprint density at radius 2 is 1.96 bits per heavy atom. The van der Waals surface area contributed by atoms with Crippen LogP contribution in [0.2, 0.25) is 0 Å². The maximum Gasteiger partial charge on any atom is 0.290 e. The summed E-state index contributed by atoms with van der Waals surface area (Å²) >= 11 is 4.05. The van der Waals surface area contributed by atoms with Crippen LogP contribution in [-0.2, 0) is 11.3 Å². The predicted molar refractivity (Wildman–Crippen MR) is 93.6 cm³/mol. The summed E-state index contributed by atoms with van der Waals surface area (Å²) in [5.74, 6) is 6.50. The van der Waals surface area contributed by atoms with Crippen molar-refractivity contribution < 1.29 is 9.90 Å². The summed E-state index contributed by atoms with van der Waals surface area (Å²) in [5, 5.41) is 17.7. The number of pyridine rings is 1. The lowest BCUT2D eigenvalue weighted by Crippen LogP contribution is -2.33. The third-order valence-corrected chi connectivity index (χ3v) is 5.56. The van der Waals surface area contributed by atoms with Crippen LogP contribution in [0.5, 0.6) is 0 Å². The topological polar surface area (TPSA) is 104 Å². The first-order valence-electron chi connectivity index (χ1n) is 7.12. The molecule has 2 aromatic heterocycles. The summed E-state index contributed by atoms with van der Waals surface area (Å²) in [6.07, 6.45) is 3.51. The van der Waals surface area contributed by atoms with Gasteiger partial charge in [-0.05, 0) is 12.1 Å². The van der Waals surface area contributed by atoms with E-state index < -0.39 is 0 Å². The maximum absolute atomic E-state index is 8.36. The van der Waals surface area contributed by atoms with Crippen molar-refractivity contribution in [3.63, 3.8) is 0 Å². The highest BCUT2D eigenvalue weighted by molar-refractivity contribution is 8.03. The average molecular weight is 353 g/mol. The van der Waals surface area contributed by atoms with E-state index in [1.165, 1.54) is 23.0 Å². The highest BCUT2D eigenvalue weighted by Gasteiger charge is 2.13. The van der Waals surface area contributed by atoms with Gasteiger partial charge in [-0.15, -0.1) is 0 Å². The quantitative estimate of drug-likeness (QED) is 0.711. The van der Waals surface area contributed by atoms with Crippen LogP contribution >= 0.6 is 23.5 Å². The average Bonchev–Trinajstić information content (AvgIpc) is 2.90. The summed E-state index contributed by atoms with van der Waals surface area (Å²) in [4.78, 5) is 16.9. The molecule has 1 aliphatic heterocycles. The molecule has 0 aromatic carbocycles. The lowest BCUT2D eigenvalue weighted by Gasteiger charge is -2.13. The summed E-state index contributed by atoms with van der Waals surface area (Å²) in [6.45, 7) is 0.490. The Morgan fingerprint density at radius 3 is 2.61 bits per heavy atom. The molecule has 1 aliphatic rings. The number of aromatic amines is 1. The second-order valence-corrected chi connectivity index (χ2v) is 6.97. The zero-order valence-corrected chi connectivity index (χ0v) is 14.1. The highest BCUT2D eigenvalue weighted by atomic mass is 32.2. The van der Waals surface area contributed by atoms with Gasteiger partial charge >= 0.3 is 0 Å². The fourth-order valence-electron chi connectivity index (χ4n) is 1.98. The fourth-order valence-corrected chi connectivity index (χ4v) is 4.45. The van der Waals surface area contributed by atoms with E-state index in [1.807, 2.05) is 35.7 Å². The second-order valence-electron chi connectivity index (χ2n) is 4.67. The maximum atomic E-state index is 8.36. The zero-order valence-electron chi connectivity index (χ0n) is 12.5. The van der Waals surface area contributed by atoms with Gasteiger partial charge in [-0.1, -0.05) is 0 Å². The standard InChI is InChI=1S/C13H17N5S2.CH2O2/c1-3-14-4-2-10(1)13-16-12(17-18-13)7-15-11-8-19-5-6-20-9-11;2-1-3/h1-4,11,15H,5-9H2,(H,16,17,18);1H,(H,2,3). The molecule has 1 saturated heterocycles. The lowest BCUT2D eigenvalue weighted by atomic mass is 10.2. The number of rotatable bonds is 4. The molecule has 0 saturated carbocycles. The first-order valence-corrected chi connectivity index (χ1v) is 9.43. The van der Waals surface area contributed by atoms with E-state index in [1.54, 1.807) is 12.4 Å². The van der Waals surface area contributed by atoms with Gasteiger partial charge in [0.2, 0.25) is 0 Å². The number of nitrogens with zero attached hydrogens (tertiary/aromatic N) is 3. The highest BCUT2D eigenvalue weighted by Crippen LogP contribution is 2.17. The first-order chi connectivity index (χ1) is 11.3. The smallest absolute Gasteiger partial charge is 0.290 e. The molecule has 9 heteroatoms. The van der Waals surface area contributed by atoms with Crippen molar-refractivity contribution in [2.24, 2.45) is 0 Å². The van der Waals surface area contributed by atoms with Gasteiger partial charge in [0.15, 0.2) is 5.82 Å². The predicted octanol–water partition coefficient (Wildman–Crippen LogP) is 1.51. The molecule has 2 aromatic rings. The van der Waals surface area contributed by atoms with Crippen molar-refractivity contribution in [2.45, 2.75) is 12.6 Å². The molecule has 23 heavy (non-hydrogen) atoms. The van der Waals surface area contributed by atoms with Crippen LogP contribution in [0.25, 0.3) is 11.4 Å². The molecular weight excluding hydrogens is 334 g/mol. The Kier molecular flexibility index (Phi) is 7.91. The normalized spacial score (nSPS) is 15.3. The Bertz CT molecular complexity index is 574. The van der Waals surface area contributed by atoms with E-state index >= 15 is 0 Å². The van der Waals surface area contributed by atoms with Crippen LogP contribution in [0.1, 0.15) is 5.82 Å². The Hall–Kier alpha value is -1.58. The number of carboxylic acid groups (broad SMARTS) is 1. The molecule has 7 nitrogen and oxygen atoms in total. The summed E-state index contributed by atoms with van der Waals surface area (Å²) in [7, 11) is 0. The number of thioether (sulfide) groups is 2. The van der Waals surface area contributed by atoms with Crippen molar-refractivity contribution in [1.29, 1.82) is 0 Å². The zero-order chi connectivity index (χ0) is 16.3. The molecule has 0 atom stereocenters. The summed E-state index contributed by atoms with van der Waals surface area (Å²) in [5.41, 5.74) is 0.989. The number of aromatic nitrogens is 4. The van der Waals surface area contributed by atoms with Gasteiger partial charge in [0.25, 0.3) is 6.47 Å². The van der Waals surface area contributed by atoms with Crippen molar-refractivity contribution in [2.75, 3.05) is 23.0 Å². The van der Waals surface area contributed by atoms with Crippen LogP contribution in [0.15, 0.2) is 24.5 Å². The largest absolute Gasteiger partial charge is 0.483 e. The minimum Gasteiger partial charge on any atom is -0.483 e. The minimum absolute atomic E-state index is 0.250. The SMILES string of the molecule is O=CO.c1cc(-c2n[nH]c(CNC3CSCCSC3)n2)ccn1. The van der Waals surface area contributed by atoms with E-state index in [2.05, 4.69) is 25.5 Å². The van der Waals surface area contributed by atoms with Gasteiger partial charge in [-0.25, -0.2) is 4.98 Å². The van der Waals surface area contributed by atoms with Crippen molar-refractivity contribution in [1.82, 2.24) is 25.5 Å². The molecule has 0 bridgehead atoms.